The summed E-state index contributed by atoms with van der Waals surface area (Å²) in [5.74, 6) is 0.721. The number of anilines is 2. The van der Waals surface area contributed by atoms with Gasteiger partial charge >= 0.3 is 0 Å². The Labute approximate surface area is 165 Å². The summed E-state index contributed by atoms with van der Waals surface area (Å²) in [6.07, 6.45) is 1.81. The number of benzene rings is 2. The van der Waals surface area contributed by atoms with Gasteiger partial charge in [0, 0.05) is 41.0 Å². The minimum atomic E-state index is 0.347. The fourth-order valence-electron chi connectivity index (χ4n) is 3.06. The highest BCUT2D eigenvalue weighted by Gasteiger charge is 2.11. The number of methoxy groups -OCH3 is 1. The average molecular weight is 372 g/mol. The largest absolute Gasteiger partial charge is 0.495 e. The molecule has 2 N–H and O–H groups in total. The highest BCUT2D eigenvalue weighted by molar-refractivity contribution is 5.99. The molecule has 5 heteroatoms. The van der Waals surface area contributed by atoms with E-state index >= 15 is 0 Å². The lowest BCUT2D eigenvalue weighted by molar-refractivity contribution is 0.417. The van der Waals surface area contributed by atoms with Crippen molar-refractivity contribution in [3.05, 3.63) is 60.8 Å². The van der Waals surface area contributed by atoms with E-state index in [0.29, 0.717) is 18.2 Å². The Kier molecular flexibility index (Phi) is 5.81. The van der Waals surface area contributed by atoms with Crippen LogP contribution in [-0.4, -0.2) is 24.7 Å². The van der Waals surface area contributed by atoms with Crippen molar-refractivity contribution in [3.8, 4) is 23.1 Å². The molecule has 0 spiro atoms. The molecular weight excluding hydrogens is 348 g/mol. The summed E-state index contributed by atoms with van der Waals surface area (Å²) >= 11 is 0. The third kappa shape index (κ3) is 4.24. The van der Waals surface area contributed by atoms with Gasteiger partial charge in [-0.3, -0.25) is 4.98 Å². The molecule has 3 rings (SSSR count). The van der Waals surface area contributed by atoms with Crippen LogP contribution >= 0.6 is 0 Å². The summed E-state index contributed by atoms with van der Waals surface area (Å²) in [5, 5.41) is 17.8. The van der Waals surface area contributed by atoms with Gasteiger partial charge < -0.3 is 15.4 Å². The van der Waals surface area contributed by atoms with E-state index in [1.807, 2.05) is 30.5 Å². The van der Waals surface area contributed by atoms with Crippen molar-refractivity contribution in [1.82, 2.24) is 4.98 Å². The second-order valence-electron chi connectivity index (χ2n) is 6.88. The smallest absolute Gasteiger partial charge is 0.142 e. The van der Waals surface area contributed by atoms with Gasteiger partial charge in [-0.1, -0.05) is 24.8 Å². The maximum atomic E-state index is 9.00. The maximum Gasteiger partial charge on any atom is 0.142 e. The number of hydrogen-bond acceptors (Lipinski definition) is 5. The maximum absolute atomic E-state index is 9.00. The molecule has 1 heterocycles. The van der Waals surface area contributed by atoms with Crippen LogP contribution in [0.3, 0.4) is 0 Å². The van der Waals surface area contributed by atoms with Crippen LogP contribution in [0.1, 0.15) is 13.8 Å². The van der Waals surface area contributed by atoms with E-state index < -0.39 is 0 Å². The SMILES string of the molecule is C=C(C#N)CNc1c(OC)ccc2ccc(-c3cc(NC(C)C)ccn3)cc12. The summed E-state index contributed by atoms with van der Waals surface area (Å²) in [6, 6.07) is 16.6. The van der Waals surface area contributed by atoms with E-state index in [0.717, 1.165) is 39.2 Å². The monoisotopic (exact) mass is 372 g/mol. The first kappa shape index (κ1) is 19.2. The number of ether oxygens (including phenoxy) is 1. The number of nitrogens with zero attached hydrogens (tertiary/aromatic N) is 2. The lowest BCUT2D eigenvalue weighted by Crippen LogP contribution is -2.09. The summed E-state index contributed by atoms with van der Waals surface area (Å²) in [7, 11) is 1.64. The van der Waals surface area contributed by atoms with Crippen molar-refractivity contribution in [2.45, 2.75) is 19.9 Å². The first-order valence-electron chi connectivity index (χ1n) is 9.17. The van der Waals surface area contributed by atoms with Gasteiger partial charge in [0.15, 0.2) is 0 Å². The van der Waals surface area contributed by atoms with Gasteiger partial charge in [-0.05, 0) is 43.5 Å². The number of rotatable bonds is 7. The molecule has 0 saturated heterocycles. The molecule has 0 atom stereocenters. The van der Waals surface area contributed by atoms with Crippen molar-refractivity contribution >= 4 is 22.1 Å². The van der Waals surface area contributed by atoms with E-state index in [2.05, 4.69) is 60.3 Å². The van der Waals surface area contributed by atoms with Crippen LogP contribution in [0.2, 0.25) is 0 Å². The zero-order chi connectivity index (χ0) is 20.1. The Morgan fingerprint density at radius 1 is 1.21 bits per heavy atom. The zero-order valence-corrected chi connectivity index (χ0v) is 16.4. The van der Waals surface area contributed by atoms with Gasteiger partial charge in [0.25, 0.3) is 0 Å². The standard InChI is InChI=1S/C23H24N4O/c1-15(2)27-19-9-10-25-21(12-19)18-6-5-17-7-8-22(28-4)23(20(17)11-18)26-14-16(3)13-24/h5-12,15,26H,3,14H2,1-2,4H3,(H,25,27). The minimum absolute atomic E-state index is 0.347. The van der Waals surface area contributed by atoms with Crippen LogP contribution < -0.4 is 15.4 Å². The highest BCUT2D eigenvalue weighted by Crippen LogP contribution is 2.36. The highest BCUT2D eigenvalue weighted by atomic mass is 16.5. The van der Waals surface area contributed by atoms with Gasteiger partial charge in [-0.15, -0.1) is 0 Å². The predicted octanol–water partition coefficient (Wildman–Crippen LogP) is 5.22. The first-order chi connectivity index (χ1) is 13.5. The van der Waals surface area contributed by atoms with Crippen molar-refractivity contribution in [2.75, 3.05) is 24.3 Å². The van der Waals surface area contributed by atoms with E-state index in [-0.39, 0.29) is 0 Å². The normalized spacial score (nSPS) is 10.5. The molecule has 1 aromatic heterocycles. The van der Waals surface area contributed by atoms with Crippen LogP contribution in [-0.2, 0) is 0 Å². The molecule has 0 radical (unpaired) electrons. The topological polar surface area (TPSA) is 70.0 Å². The molecular formula is C23H24N4O. The van der Waals surface area contributed by atoms with Gasteiger partial charge in [0.2, 0.25) is 0 Å². The molecule has 0 saturated carbocycles. The summed E-state index contributed by atoms with van der Waals surface area (Å²) in [6.45, 7) is 8.32. The molecule has 0 aliphatic carbocycles. The average Bonchev–Trinajstić information content (AvgIpc) is 2.70. The number of hydrogen-bond donors (Lipinski definition) is 2. The number of fused-ring (bicyclic) bond motifs is 1. The van der Waals surface area contributed by atoms with Crippen molar-refractivity contribution < 1.29 is 4.74 Å². The Balaban J connectivity index is 2.06. The number of nitrogens with one attached hydrogen (secondary N) is 2. The fourth-order valence-corrected chi connectivity index (χ4v) is 3.06. The third-order valence-corrected chi connectivity index (χ3v) is 4.35. The summed E-state index contributed by atoms with van der Waals surface area (Å²) < 4.78 is 5.53. The Bertz CT molecular complexity index is 1050. The van der Waals surface area contributed by atoms with E-state index in [1.54, 1.807) is 7.11 Å². The van der Waals surface area contributed by atoms with Crippen molar-refractivity contribution in [3.63, 3.8) is 0 Å². The zero-order valence-electron chi connectivity index (χ0n) is 16.4. The number of nitriles is 1. The van der Waals surface area contributed by atoms with Gasteiger partial charge in [-0.25, -0.2) is 0 Å². The predicted molar refractivity (Wildman–Crippen MR) is 116 cm³/mol. The Hall–Kier alpha value is -3.52. The lowest BCUT2D eigenvalue weighted by Gasteiger charge is -2.15. The number of pyridine rings is 1. The quantitative estimate of drug-likeness (QED) is 0.556. The molecule has 142 valence electrons. The van der Waals surface area contributed by atoms with Crippen LogP contribution in [0.4, 0.5) is 11.4 Å². The molecule has 0 fully saturated rings. The second-order valence-corrected chi connectivity index (χ2v) is 6.88. The third-order valence-electron chi connectivity index (χ3n) is 4.35. The molecule has 0 aliphatic heterocycles. The minimum Gasteiger partial charge on any atom is -0.495 e. The van der Waals surface area contributed by atoms with Crippen molar-refractivity contribution in [1.29, 1.82) is 5.26 Å². The van der Waals surface area contributed by atoms with Gasteiger partial charge in [0.1, 0.15) is 5.75 Å². The van der Waals surface area contributed by atoms with Crippen molar-refractivity contribution in [2.24, 2.45) is 0 Å². The molecule has 2 aromatic carbocycles. The van der Waals surface area contributed by atoms with E-state index in [4.69, 9.17) is 10.00 Å². The molecule has 0 unspecified atom stereocenters. The first-order valence-corrected chi connectivity index (χ1v) is 9.17. The van der Waals surface area contributed by atoms with Crippen LogP contribution in [0, 0.1) is 11.3 Å². The molecule has 0 bridgehead atoms. The summed E-state index contributed by atoms with van der Waals surface area (Å²) in [5.41, 5.74) is 4.24. The van der Waals surface area contributed by atoms with E-state index in [1.165, 1.54) is 0 Å². The van der Waals surface area contributed by atoms with Crippen LogP contribution in [0.25, 0.3) is 22.0 Å². The molecule has 0 aliphatic rings. The van der Waals surface area contributed by atoms with Gasteiger partial charge in [-0.2, -0.15) is 5.26 Å². The fraction of sp³-hybridized carbons (Fsp3) is 0.217. The Morgan fingerprint density at radius 2 is 2.00 bits per heavy atom. The van der Waals surface area contributed by atoms with Crippen LogP contribution in [0.5, 0.6) is 5.75 Å². The molecule has 3 aromatic rings. The molecule has 5 nitrogen and oxygen atoms in total. The van der Waals surface area contributed by atoms with E-state index in [9.17, 15) is 0 Å². The molecule has 0 amide bonds. The lowest BCUT2D eigenvalue weighted by atomic mass is 10.0. The second kappa shape index (κ2) is 8.45. The Morgan fingerprint density at radius 3 is 2.71 bits per heavy atom. The van der Waals surface area contributed by atoms with Gasteiger partial charge in [0.05, 0.1) is 24.6 Å². The molecule has 28 heavy (non-hydrogen) atoms. The van der Waals surface area contributed by atoms with Crippen LogP contribution in [0.15, 0.2) is 60.8 Å². The summed E-state index contributed by atoms with van der Waals surface area (Å²) in [4.78, 5) is 4.53. The number of aromatic nitrogens is 1.